The maximum atomic E-state index is 14.1. The summed E-state index contributed by atoms with van der Waals surface area (Å²) in [7, 11) is 0. The molecule has 1 aromatic heterocycles. The van der Waals surface area contributed by atoms with Crippen LogP contribution in [0.1, 0.15) is 49.3 Å². The summed E-state index contributed by atoms with van der Waals surface area (Å²) in [5.74, 6) is 0.477. The maximum absolute atomic E-state index is 14.1. The lowest BCUT2D eigenvalue weighted by atomic mass is 9.92. The number of aryl methyl sites for hydroxylation is 1. The van der Waals surface area contributed by atoms with E-state index in [4.69, 9.17) is 0 Å². The Labute approximate surface area is 177 Å². The third-order valence-electron chi connectivity index (χ3n) is 5.53. The number of carbonyl (C=O) groups is 1. The fourth-order valence-corrected chi connectivity index (χ4v) is 4.29. The Morgan fingerprint density at radius 1 is 1.20 bits per heavy atom. The molecule has 7 heteroatoms. The average molecular weight is 415 g/mol. The number of nitrogens with zero attached hydrogens (tertiary/aromatic N) is 3. The highest BCUT2D eigenvalue weighted by molar-refractivity contribution is 5.92. The number of hydrogen-bond acceptors (Lipinski definition) is 4. The summed E-state index contributed by atoms with van der Waals surface area (Å²) in [6.45, 7) is 10.0. The number of rotatable bonds is 7. The van der Waals surface area contributed by atoms with Crippen LogP contribution < -0.4 is 10.7 Å². The fourth-order valence-electron chi connectivity index (χ4n) is 4.29. The van der Waals surface area contributed by atoms with Crippen molar-refractivity contribution in [3.63, 3.8) is 0 Å². The van der Waals surface area contributed by atoms with E-state index in [0.29, 0.717) is 12.2 Å². The largest absolute Gasteiger partial charge is 0.351 e. The van der Waals surface area contributed by atoms with Crippen LogP contribution in [0.5, 0.6) is 0 Å². The molecule has 1 amide bonds. The van der Waals surface area contributed by atoms with Crippen molar-refractivity contribution in [3.8, 4) is 5.69 Å². The zero-order valence-electron chi connectivity index (χ0n) is 18.0. The van der Waals surface area contributed by atoms with Crippen molar-refractivity contribution in [2.24, 2.45) is 11.8 Å². The second kappa shape index (κ2) is 9.98. The number of nitrogens with one attached hydrogen (secondary N) is 1. The lowest BCUT2D eigenvalue weighted by Gasteiger charge is -2.34. The number of aromatic nitrogens is 2. The maximum Gasteiger partial charge on any atom is 0.275 e. The van der Waals surface area contributed by atoms with Crippen LogP contribution >= 0.6 is 0 Å². The molecular formula is C23H31FN4O2. The number of piperidine rings is 1. The molecule has 0 radical (unpaired) electrons. The van der Waals surface area contributed by atoms with Crippen LogP contribution in [0.2, 0.25) is 0 Å². The van der Waals surface area contributed by atoms with Gasteiger partial charge in [0.05, 0.1) is 0 Å². The van der Waals surface area contributed by atoms with Gasteiger partial charge in [-0.2, -0.15) is 5.10 Å². The van der Waals surface area contributed by atoms with Gasteiger partial charge < -0.3 is 10.2 Å². The van der Waals surface area contributed by atoms with E-state index >= 15 is 0 Å². The molecule has 2 atom stereocenters. The molecule has 1 saturated heterocycles. The van der Waals surface area contributed by atoms with Gasteiger partial charge in [-0.25, -0.2) is 9.07 Å². The summed E-state index contributed by atoms with van der Waals surface area (Å²) in [6, 6.07) is 7.45. The molecule has 0 aliphatic carbocycles. The van der Waals surface area contributed by atoms with E-state index in [9.17, 15) is 14.0 Å². The predicted octanol–water partition coefficient (Wildman–Crippen LogP) is 3.17. The predicted molar refractivity (Wildman–Crippen MR) is 115 cm³/mol. The van der Waals surface area contributed by atoms with Crippen LogP contribution in [-0.4, -0.2) is 46.8 Å². The first kappa shape index (κ1) is 22.2. The number of unbranched alkanes of at least 4 members (excludes halogenated alkanes) is 1. The van der Waals surface area contributed by atoms with Gasteiger partial charge in [-0.3, -0.25) is 9.59 Å². The second-order valence-electron chi connectivity index (χ2n) is 8.53. The molecule has 2 aromatic rings. The number of amides is 1. The van der Waals surface area contributed by atoms with Crippen LogP contribution in [0, 0.1) is 24.6 Å². The Balaban J connectivity index is 1.56. The third kappa shape index (κ3) is 5.53. The molecular weight excluding hydrogens is 383 g/mol. The molecule has 2 heterocycles. The minimum atomic E-state index is -0.523. The summed E-state index contributed by atoms with van der Waals surface area (Å²) in [4.78, 5) is 27.3. The first-order valence-corrected chi connectivity index (χ1v) is 10.7. The third-order valence-corrected chi connectivity index (χ3v) is 5.53. The second-order valence-corrected chi connectivity index (χ2v) is 8.53. The zero-order valence-corrected chi connectivity index (χ0v) is 18.0. The Hall–Kier alpha value is -2.54. The quantitative estimate of drug-likeness (QED) is 0.707. The normalized spacial score (nSPS) is 19.6. The van der Waals surface area contributed by atoms with Crippen LogP contribution in [0.3, 0.4) is 0 Å². The van der Waals surface area contributed by atoms with Crippen LogP contribution in [0.15, 0.2) is 35.1 Å². The Morgan fingerprint density at radius 2 is 1.90 bits per heavy atom. The topological polar surface area (TPSA) is 67.2 Å². The van der Waals surface area contributed by atoms with Gasteiger partial charge in [-0.1, -0.05) is 26.0 Å². The summed E-state index contributed by atoms with van der Waals surface area (Å²) in [5, 5.41) is 6.92. The molecule has 6 nitrogen and oxygen atoms in total. The van der Waals surface area contributed by atoms with E-state index in [1.165, 1.54) is 23.2 Å². The van der Waals surface area contributed by atoms with E-state index in [1.54, 1.807) is 25.1 Å². The van der Waals surface area contributed by atoms with Gasteiger partial charge in [0.2, 0.25) is 5.43 Å². The average Bonchev–Trinajstić information content (AvgIpc) is 2.68. The molecule has 162 valence electrons. The molecule has 2 unspecified atom stereocenters. The van der Waals surface area contributed by atoms with Gasteiger partial charge in [0, 0.05) is 31.4 Å². The Morgan fingerprint density at radius 3 is 2.60 bits per heavy atom. The smallest absolute Gasteiger partial charge is 0.275 e. The van der Waals surface area contributed by atoms with E-state index in [2.05, 4.69) is 29.2 Å². The van der Waals surface area contributed by atoms with Crippen molar-refractivity contribution in [1.82, 2.24) is 20.0 Å². The molecule has 1 aliphatic heterocycles. The van der Waals surface area contributed by atoms with Gasteiger partial charge in [0.25, 0.3) is 5.91 Å². The summed E-state index contributed by atoms with van der Waals surface area (Å²) >= 11 is 0. The van der Waals surface area contributed by atoms with Crippen molar-refractivity contribution in [3.05, 3.63) is 57.8 Å². The van der Waals surface area contributed by atoms with Crippen molar-refractivity contribution in [2.75, 3.05) is 26.2 Å². The van der Waals surface area contributed by atoms with E-state index in [1.807, 2.05) is 0 Å². The highest BCUT2D eigenvalue weighted by atomic mass is 19.1. The van der Waals surface area contributed by atoms with Gasteiger partial charge >= 0.3 is 0 Å². The van der Waals surface area contributed by atoms with Gasteiger partial charge in [0.15, 0.2) is 5.69 Å². The standard InChI is InChI=1S/C23H31FN4O2/c1-16-12-17(2)15-27(14-16)11-7-6-10-25-23(30)22-21(29)13-18(3)28(26-22)20-9-5-4-8-19(20)24/h4-5,8-9,13,16-17H,6-7,10-12,14-15H2,1-3H3,(H,25,30). The monoisotopic (exact) mass is 414 g/mol. The highest BCUT2D eigenvalue weighted by Crippen LogP contribution is 2.21. The molecule has 1 aliphatic rings. The summed E-state index contributed by atoms with van der Waals surface area (Å²) < 4.78 is 15.4. The van der Waals surface area contributed by atoms with Crippen LogP contribution in [0.25, 0.3) is 5.69 Å². The first-order valence-electron chi connectivity index (χ1n) is 10.7. The summed E-state index contributed by atoms with van der Waals surface area (Å²) in [5.41, 5.74) is -0.0166. The fraction of sp³-hybridized carbons (Fsp3) is 0.522. The van der Waals surface area contributed by atoms with E-state index in [-0.39, 0.29) is 11.4 Å². The van der Waals surface area contributed by atoms with Crippen molar-refractivity contribution in [2.45, 2.75) is 40.0 Å². The number of para-hydroxylation sites is 1. The number of halogens is 1. The first-order chi connectivity index (χ1) is 14.3. The molecule has 1 aromatic carbocycles. The number of carbonyl (C=O) groups excluding carboxylic acids is 1. The van der Waals surface area contributed by atoms with Gasteiger partial charge in [-0.15, -0.1) is 0 Å². The highest BCUT2D eigenvalue weighted by Gasteiger charge is 2.21. The van der Waals surface area contributed by atoms with Crippen molar-refractivity contribution < 1.29 is 9.18 Å². The lowest BCUT2D eigenvalue weighted by molar-refractivity contribution is 0.0943. The van der Waals surface area contributed by atoms with Gasteiger partial charge in [-0.05, 0) is 56.7 Å². The minimum Gasteiger partial charge on any atom is -0.351 e. The molecule has 0 saturated carbocycles. The Kier molecular flexibility index (Phi) is 7.37. The van der Waals surface area contributed by atoms with Crippen LogP contribution in [-0.2, 0) is 0 Å². The van der Waals surface area contributed by atoms with Crippen LogP contribution in [0.4, 0.5) is 4.39 Å². The number of hydrogen-bond donors (Lipinski definition) is 1. The molecule has 1 N–H and O–H groups in total. The Bertz CT molecular complexity index is 933. The van der Waals surface area contributed by atoms with E-state index < -0.39 is 17.2 Å². The number of likely N-dealkylation sites (tertiary alicyclic amines) is 1. The number of benzene rings is 1. The van der Waals surface area contributed by atoms with E-state index in [0.717, 1.165) is 44.3 Å². The summed E-state index contributed by atoms with van der Waals surface area (Å²) in [6.07, 6.45) is 3.11. The SMILES string of the molecule is Cc1cc(=O)c(C(=O)NCCCCN2CC(C)CC(C)C2)nn1-c1ccccc1F. The molecule has 3 rings (SSSR count). The molecule has 0 spiro atoms. The zero-order chi connectivity index (χ0) is 21.7. The molecule has 1 fully saturated rings. The van der Waals surface area contributed by atoms with Crippen molar-refractivity contribution in [1.29, 1.82) is 0 Å². The van der Waals surface area contributed by atoms with Crippen molar-refractivity contribution >= 4 is 5.91 Å². The minimum absolute atomic E-state index is 0.203. The molecule has 30 heavy (non-hydrogen) atoms. The lowest BCUT2D eigenvalue weighted by Crippen LogP contribution is -2.39. The molecule has 0 bridgehead atoms. The van der Waals surface area contributed by atoms with Gasteiger partial charge in [0.1, 0.15) is 11.5 Å².